The first-order chi connectivity index (χ1) is 8.88. The Morgan fingerprint density at radius 1 is 1.21 bits per heavy atom. The summed E-state index contributed by atoms with van der Waals surface area (Å²) in [4.78, 5) is 12.5. The number of hydrogen-bond acceptors (Lipinski definition) is 2. The summed E-state index contributed by atoms with van der Waals surface area (Å²) in [6.45, 7) is 0. The molecule has 0 fully saturated rings. The third kappa shape index (κ3) is 3.49. The van der Waals surface area contributed by atoms with Gasteiger partial charge in [-0.1, -0.05) is 23.2 Å². The first-order valence-corrected chi connectivity index (χ1v) is 7.95. The Labute approximate surface area is 139 Å². The van der Waals surface area contributed by atoms with Gasteiger partial charge in [-0.2, -0.15) is 0 Å². The van der Waals surface area contributed by atoms with E-state index in [1.165, 1.54) is 23.5 Å². The second-order valence-corrected chi connectivity index (χ2v) is 7.48. The van der Waals surface area contributed by atoms with Gasteiger partial charge in [0.15, 0.2) is 5.82 Å². The summed E-state index contributed by atoms with van der Waals surface area (Å²) in [6, 6.07) is 4.29. The second kappa shape index (κ2) is 6.10. The van der Waals surface area contributed by atoms with Crippen LogP contribution in [0.2, 0.25) is 10.0 Å². The summed E-state index contributed by atoms with van der Waals surface area (Å²) in [5, 5.41) is 2.32. The van der Waals surface area contributed by atoms with Crippen LogP contribution in [0.25, 0.3) is 0 Å². The highest BCUT2D eigenvalue weighted by Crippen LogP contribution is 2.33. The molecule has 19 heavy (non-hydrogen) atoms. The number of rotatable bonds is 2. The Morgan fingerprint density at radius 3 is 2.26 bits per heavy atom. The smallest absolute Gasteiger partial charge is 0.265 e. The molecule has 0 bridgehead atoms. The molecule has 0 saturated carbocycles. The molecule has 0 aliphatic carbocycles. The third-order valence-corrected chi connectivity index (χ3v) is 5.92. The fourth-order valence-corrected chi connectivity index (χ4v) is 3.70. The summed E-state index contributed by atoms with van der Waals surface area (Å²) in [5.41, 5.74) is 0.335. The largest absolute Gasteiger partial charge is 0.321 e. The summed E-state index contributed by atoms with van der Waals surface area (Å²) >= 11 is 19.2. The fourth-order valence-electron chi connectivity index (χ4n) is 1.28. The molecule has 2 rings (SSSR count). The zero-order chi connectivity index (χ0) is 14.2. The van der Waals surface area contributed by atoms with Gasteiger partial charge in [0.1, 0.15) is 0 Å². The Hall–Kier alpha value is -0.140. The molecule has 0 radical (unpaired) electrons. The van der Waals surface area contributed by atoms with Crippen molar-refractivity contribution in [1.82, 2.24) is 0 Å². The molecule has 0 aliphatic heterocycles. The molecule has 100 valence electrons. The van der Waals surface area contributed by atoms with Crippen LogP contribution in [0.15, 0.2) is 26.5 Å². The van der Waals surface area contributed by atoms with E-state index >= 15 is 0 Å². The Morgan fingerprint density at radius 2 is 1.79 bits per heavy atom. The lowest BCUT2D eigenvalue weighted by Gasteiger charge is -2.06. The van der Waals surface area contributed by atoms with E-state index in [1.807, 2.05) is 0 Å². The number of amides is 1. The van der Waals surface area contributed by atoms with Gasteiger partial charge in [0, 0.05) is 10.2 Å². The summed E-state index contributed by atoms with van der Waals surface area (Å²) in [7, 11) is 0. The lowest BCUT2D eigenvalue weighted by molar-refractivity contribution is 0.103. The summed E-state index contributed by atoms with van der Waals surface area (Å²) in [5.74, 6) is -1.03. The van der Waals surface area contributed by atoms with E-state index < -0.39 is 5.82 Å². The normalized spacial score (nSPS) is 10.6. The van der Waals surface area contributed by atoms with Crippen LogP contribution >= 0.6 is 66.4 Å². The predicted molar refractivity (Wildman–Crippen MR) is 84.1 cm³/mol. The van der Waals surface area contributed by atoms with Gasteiger partial charge in [-0.3, -0.25) is 4.79 Å². The van der Waals surface area contributed by atoms with Crippen LogP contribution in [0.1, 0.15) is 9.67 Å². The highest BCUT2D eigenvalue weighted by Gasteiger charge is 2.14. The minimum Gasteiger partial charge on any atom is -0.321 e. The van der Waals surface area contributed by atoms with E-state index in [0.29, 0.717) is 10.6 Å². The van der Waals surface area contributed by atoms with Crippen LogP contribution in [0.3, 0.4) is 0 Å². The van der Waals surface area contributed by atoms with Crippen molar-refractivity contribution in [2.75, 3.05) is 5.32 Å². The molecule has 1 heterocycles. The molecule has 0 saturated heterocycles. The number of benzene rings is 1. The minimum atomic E-state index is -0.706. The van der Waals surface area contributed by atoms with Crippen molar-refractivity contribution in [3.8, 4) is 0 Å². The van der Waals surface area contributed by atoms with Gasteiger partial charge in [-0.15, -0.1) is 11.3 Å². The lowest BCUT2D eigenvalue weighted by atomic mass is 10.3. The highest BCUT2D eigenvalue weighted by molar-refractivity contribution is 9.13. The molecule has 8 heteroatoms. The van der Waals surface area contributed by atoms with Crippen molar-refractivity contribution >= 4 is 78.0 Å². The van der Waals surface area contributed by atoms with E-state index in [0.717, 1.165) is 8.26 Å². The van der Waals surface area contributed by atoms with Crippen LogP contribution in [0, 0.1) is 5.82 Å². The number of halogens is 5. The lowest BCUT2D eigenvalue weighted by Crippen LogP contribution is -2.10. The van der Waals surface area contributed by atoms with Crippen molar-refractivity contribution in [2.24, 2.45) is 0 Å². The Kier molecular flexibility index (Phi) is 4.89. The molecule has 1 N–H and O–H groups in total. The van der Waals surface area contributed by atoms with Gasteiger partial charge >= 0.3 is 0 Å². The Balaban J connectivity index is 2.24. The molecule has 0 unspecified atom stereocenters. The van der Waals surface area contributed by atoms with Gasteiger partial charge in [-0.05, 0) is 50.1 Å². The van der Waals surface area contributed by atoms with Crippen molar-refractivity contribution in [2.45, 2.75) is 0 Å². The van der Waals surface area contributed by atoms with E-state index in [-0.39, 0.29) is 16.0 Å². The maximum Gasteiger partial charge on any atom is 0.265 e. The topological polar surface area (TPSA) is 29.1 Å². The predicted octanol–water partition coefficient (Wildman–Crippen LogP) is 5.97. The molecule has 1 aromatic heterocycles. The van der Waals surface area contributed by atoms with Crippen LogP contribution in [-0.2, 0) is 0 Å². The molecular formula is C11H4Br2Cl2FNOS. The van der Waals surface area contributed by atoms with E-state index in [1.54, 1.807) is 6.07 Å². The number of anilines is 1. The number of hydrogen-bond donors (Lipinski definition) is 1. The van der Waals surface area contributed by atoms with E-state index in [4.69, 9.17) is 23.2 Å². The van der Waals surface area contributed by atoms with Crippen LogP contribution in [0.4, 0.5) is 10.1 Å². The monoisotopic (exact) mass is 445 g/mol. The molecule has 0 atom stereocenters. The van der Waals surface area contributed by atoms with Crippen LogP contribution in [0.5, 0.6) is 0 Å². The molecular weight excluding hydrogens is 444 g/mol. The quantitative estimate of drug-likeness (QED) is 0.564. The zero-order valence-corrected chi connectivity index (χ0v) is 14.4. The molecule has 1 aromatic carbocycles. The van der Waals surface area contributed by atoms with Crippen LogP contribution in [-0.4, -0.2) is 5.91 Å². The first-order valence-electron chi connectivity index (χ1n) is 4.79. The first kappa shape index (κ1) is 15.3. The van der Waals surface area contributed by atoms with E-state index in [2.05, 4.69) is 37.2 Å². The molecule has 0 spiro atoms. The average Bonchev–Trinajstić information content (AvgIpc) is 2.66. The van der Waals surface area contributed by atoms with Crippen molar-refractivity contribution in [1.29, 1.82) is 0 Å². The summed E-state index contributed by atoms with van der Waals surface area (Å²) < 4.78 is 14.8. The van der Waals surface area contributed by atoms with Gasteiger partial charge < -0.3 is 5.32 Å². The number of nitrogens with one attached hydrogen (secondary N) is 1. The maximum absolute atomic E-state index is 13.2. The SMILES string of the molecule is O=C(Nc1cc(Cl)c(F)c(Cl)c1)c1cc(Br)c(Br)s1. The molecule has 0 aliphatic rings. The van der Waals surface area contributed by atoms with Crippen molar-refractivity contribution < 1.29 is 9.18 Å². The molecule has 2 nitrogen and oxygen atoms in total. The fraction of sp³-hybridized carbons (Fsp3) is 0. The van der Waals surface area contributed by atoms with Crippen molar-refractivity contribution in [3.63, 3.8) is 0 Å². The van der Waals surface area contributed by atoms with Gasteiger partial charge in [0.05, 0.1) is 18.7 Å². The van der Waals surface area contributed by atoms with E-state index in [9.17, 15) is 9.18 Å². The van der Waals surface area contributed by atoms with Gasteiger partial charge in [-0.25, -0.2) is 4.39 Å². The van der Waals surface area contributed by atoms with Gasteiger partial charge in [0.25, 0.3) is 5.91 Å². The van der Waals surface area contributed by atoms with Crippen molar-refractivity contribution in [3.05, 3.63) is 47.2 Å². The molecule has 2 aromatic rings. The number of thiophene rings is 1. The molecule has 1 amide bonds. The zero-order valence-electron chi connectivity index (χ0n) is 8.94. The maximum atomic E-state index is 13.2. The number of carbonyl (C=O) groups is 1. The second-order valence-electron chi connectivity index (χ2n) is 3.44. The summed E-state index contributed by atoms with van der Waals surface area (Å²) in [6.07, 6.45) is 0. The van der Waals surface area contributed by atoms with Crippen LogP contribution < -0.4 is 5.32 Å². The standard InChI is InChI=1S/C11H4Br2Cl2FNOS/c12-5-3-8(19-10(5)13)11(18)17-4-1-6(14)9(16)7(15)2-4/h1-3H,(H,17,18). The Bertz CT molecular complexity index is 620. The average molecular weight is 448 g/mol. The highest BCUT2D eigenvalue weighted by atomic mass is 79.9. The number of carbonyl (C=O) groups excluding carboxylic acids is 1. The van der Waals surface area contributed by atoms with Gasteiger partial charge in [0.2, 0.25) is 0 Å². The minimum absolute atomic E-state index is 0.142. The third-order valence-electron chi connectivity index (χ3n) is 2.11.